The smallest absolute Gasteiger partial charge is 0.349 e. The molecule has 0 amide bonds. The number of aliphatic hydroxyl groups is 1. The first kappa shape index (κ1) is 13.7. The van der Waals surface area contributed by atoms with Gasteiger partial charge in [0.25, 0.3) is 0 Å². The second-order valence-corrected chi connectivity index (χ2v) is 5.11. The number of carbonyl (C=O) groups excluding carboxylic acids is 1. The zero-order valence-corrected chi connectivity index (χ0v) is 11.3. The van der Waals surface area contributed by atoms with Crippen molar-refractivity contribution in [3.8, 4) is 11.5 Å². The third-order valence-corrected chi connectivity index (χ3v) is 3.08. The number of aryl methyl sites for hydroxylation is 1. The summed E-state index contributed by atoms with van der Waals surface area (Å²) in [6.07, 6.45) is 1.02. The lowest BCUT2D eigenvalue weighted by atomic mass is 9.97. The van der Waals surface area contributed by atoms with Gasteiger partial charge >= 0.3 is 5.97 Å². The fourth-order valence-corrected chi connectivity index (χ4v) is 2.22. The second-order valence-electron chi connectivity index (χ2n) is 5.11. The van der Waals surface area contributed by atoms with Gasteiger partial charge in [0.2, 0.25) is 5.79 Å². The summed E-state index contributed by atoms with van der Waals surface area (Å²) in [5.74, 6) is -1.39. The first-order valence-electron chi connectivity index (χ1n) is 6.24. The van der Waals surface area contributed by atoms with Crippen LogP contribution in [0.5, 0.6) is 11.5 Å². The maximum atomic E-state index is 11.9. The molecule has 104 valence electrons. The Balaban J connectivity index is 2.50. The van der Waals surface area contributed by atoms with E-state index >= 15 is 0 Å². The van der Waals surface area contributed by atoms with Crippen LogP contribution in [0, 0.1) is 6.92 Å². The molecule has 19 heavy (non-hydrogen) atoms. The summed E-state index contributed by atoms with van der Waals surface area (Å²) in [5, 5.41) is 19.1. The molecule has 0 bridgehead atoms. The minimum atomic E-state index is -1.03. The molecule has 1 aliphatic heterocycles. The van der Waals surface area contributed by atoms with Crippen LogP contribution in [-0.2, 0) is 11.2 Å². The Bertz CT molecular complexity index is 519. The Morgan fingerprint density at radius 2 is 2.00 bits per heavy atom. The Morgan fingerprint density at radius 1 is 1.32 bits per heavy atom. The normalized spacial score (nSPS) is 16.5. The van der Waals surface area contributed by atoms with Crippen molar-refractivity contribution >= 4 is 5.97 Å². The fraction of sp³-hybridized carbons (Fsp3) is 0.500. The summed E-state index contributed by atoms with van der Waals surface area (Å²) < 4.78 is 10.7. The molecule has 0 spiro atoms. The summed E-state index contributed by atoms with van der Waals surface area (Å²) >= 11 is 0. The summed E-state index contributed by atoms with van der Waals surface area (Å²) in [7, 11) is 0. The van der Waals surface area contributed by atoms with Gasteiger partial charge in [-0.1, -0.05) is 0 Å². The molecule has 0 saturated heterocycles. The second kappa shape index (κ2) is 4.74. The average molecular weight is 266 g/mol. The molecule has 0 fully saturated rings. The van der Waals surface area contributed by atoms with Crippen LogP contribution in [0.4, 0.5) is 0 Å². The number of esters is 1. The number of rotatable bonds is 3. The minimum absolute atomic E-state index is 0.0317. The van der Waals surface area contributed by atoms with Crippen LogP contribution in [0.1, 0.15) is 41.8 Å². The summed E-state index contributed by atoms with van der Waals surface area (Å²) in [5.41, 5.74) is 1.54. The van der Waals surface area contributed by atoms with Crippen molar-refractivity contribution in [1.82, 2.24) is 0 Å². The van der Waals surface area contributed by atoms with E-state index in [1.165, 1.54) is 0 Å². The van der Waals surface area contributed by atoms with Crippen LogP contribution in [0.15, 0.2) is 6.07 Å². The number of cyclic esters (lactones) is 1. The zero-order valence-electron chi connectivity index (χ0n) is 11.3. The highest BCUT2D eigenvalue weighted by molar-refractivity contribution is 5.97. The van der Waals surface area contributed by atoms with Gasteiger partial charge in [-0.25, -0.2) is 4.79 Å². The first-order valence-corrected chi connectivity index (χ1v) is 6.24. The molecule has 0 radical (unpaired) electrons. The Labute approximate surface area is 111 Å². The van der Waals surface area contributed by atoms with E-state index in [1.807, 2.05) is 6.92 Å². The van der Waals surface area contributed by atoms with E-state index in [4.69, 9.17) is 14.6 Å². The van der Waals surface area contributed by atoms with Crippen molar-refractivity contribution in [3.05, 3.63) is 22.8 Å². The zero-order chi connectivity index (χ0) is 14.2. The average Bonchev–Trinajstić information content (AvgIpc) is 2.25. The van der Waals surface area contributed by atoms with Crippen molar-refractivity contribution in [2.45, 2.75) is 39.4 Å². The standard InChI is InChI=1S/C14H18O5/c1-8-7-10-11(12(16)9(8)5-4-6-15)13(17)19-14(2,3)18-10/h7,15-16H,4-6H2,1-3H3. The topological polar surface area (TPSA) is 76.0 Å². The quantitative estimate of drug-likeness (QED) is 0.817. The van der Waals surface area contributed by atoms with Crippen molar-refractivity contribution in [3.63, 3.8) is 0 Å². The van der Waals surface area contributed by atoms with Crippen LogP contribution in [0.2, 0.25) is 0 Å². The van der Waals surface area contributed by atoms with Crippen LogP contribution in [-0.4, -0.2) is 28.6 Å². The number of phenols is 1. The number of hydrogen-bond donors (Lipinski definition) is 2. The van der Waals surface area contributed by atoms with Gasteiger partial charge in [0.05, 0.1) is 0 Å². The maximum absolute atomic E-state index is 11.9. The molecule has 5 nitrogen and oxygen atoms in total. The molecule has 2 N–H and O–H groups in total. The highest BCUT2D eigenvalue weighted by atomic mass is 16.7. The summed E-state index contributed by atoms with van der Waals surface area (Å²) in [4.78, 5) is 11.9. The van der Waals surface area contributed by atoms with Gasteiger partial charge in [-0.05, 0) is 37.0 Å². The van der Waals surface area contributed by atoms with Crippen molar-refractivity contribution in [2.75, 3.05) is 6.61 Å². The molecule has 0 unspecified atom stereocenters. The molecule has 1 aromatic rings. The van der Waals surface area contributed by atoms with E-state index in [-0.39, 0.29) is 17.9 Å². The number of ether oxygens (including phenoxy) is 2. The summed E-state index contributed by atoms with van der Waals surface area (Å²) in [6.45, 7) is 5.15. The third kappa shape index (κ3) is 2.51. The van der Waals surface area contributed by atoms with Crippen molar-refractivity contribution in [1.29, 1.82) is 0 Å². The first-order chi connectivity index (χ1) is 8.85. The van der Waals surface area contributed by atoms with Gasteiger partial charge in [0.1, 0.15) is 17.1 Å². The SMILES string of the molecule is Cc1cc2c(c(O)c1CCCO)C(=O)OC(C)(C)O2. The molecule has 0 saturated carbocycles. The number of aromatic hydroxyl groups is 1. The predicted molar refractivity (Wildman–Crippen MR) is 68.4 cm³/mol. The highest BCUT2D eigenvalue weighted by Gasteiger charge is 2.37. The van der Waals surface area contributed by atoms with Gasteiger partial charge in [-0.15, -0.1) is 0 Å². The Hall–Kier alpha value is -1.75. The van der Waals surface area contributed by atoms with Gasteiger partial charge in [0.15, 0.2) is 0 Å². The van der Waals surface area contributed by atoms with E-state index < -0.39 is 11.8 Å². The molecular formula is C14H18O5. The molecule has 0 aromatic heterocycles. The number of fused-ring (bicyclic) bond motifs is 1. The van der Waals surface area contributed by atoms with Gasteiger partial charge in [-0.3, -0.25) is 0 Å². The fourth-order valence-electron chi connectivity index (χ4n) is 2.22. The van der Waals surface area contributed by atoms with Crippen LogP contribution in [0.3, 0.4) is 0 Å². The van der Waals surface area contributed by atoms with Crippen molar-refractivity contribution < 1.29 is 24.5 Å². The molecule has 2 rings (SSSR count). The lowest BCUT2D eigenvalue weighted by Gasteiger charge is -2.32. The number of hydrogen-bond acceptors (Lipinski definition) is 5. The van der Waals surface area contributed by atoms with Crippen molar-refractivity contribution in [2.24, 2.45) is 0 Å². The van der Waals surface area contributed by atoms with E-state index in [1.54, 1.807) is 19.9 Å². The molecule has 1 heterocycles. The van der Waals surface area contributed by atoms with Crippen LogP contribution in [0.25, 0.3) is 0 Å². The van der Waals surface area contributed by atoms with Gasteiger partial charge < -0.3 is 19.7 Å². The molecule has 1 aliphatic rings. The number of carbonyl (C=O) groups is 1. The Kier molecular flexibility index (Phi) is 3.41. The van der Waals surface area contributed by atoms with Gasteiger partial charge in [-0.2, -0.15) is 0 Å². The molecule has 0 aliphatic carbocycles. The predicted octanol–water partition coefficient (Wildman–Crippen LogP) is 1.91. The number of phenolic OH excluding ortho intramolecular Hbond substituents is 1. The van der Waals surface area contributed by atoms with Gasteiger partial charge in [0, 0.05) is 20.5 Å². The van der Waals surface area contributed by atoms with Crippen LogP contribution < -0.4 is 4.74 Å². The summed E-state index contributed by atoms with van der Waals surface area (Å²) in [6, 6.07) is 1.73. The molecule has 0 atom stereocenters. The van der Waals surface area contributed by atoms with Crippen LogP contribution >= 0.6 is 0 Å². The van der Waals surface area contributed by atoms with E-state index in [9.17, 15) is 9.90 Å². The van der Waals surface area contributed by atoms with E-state index in [0.717, 1.165) is 5.56 Å². The lowest BCUT2D eigenvalue weighted by Crippen LogP contribution is -2.39. The third-order valence-electron chi connectivity index (χ3n) is 3.08. The lowest BCUT2D eigenvalue weighted by molar-refractivity contribution is -0.127. The molecule has 5 heteroatoms. The molecular weight excluding hydrogens is 248 g/mol. The van der Waals surface area contributed by atoms with E-state index in [2.05, 4.69) is 0 Å². The maximum Gasteiger partial charge on any atom is 0.349 e. The number of aliphatic hydroxyl groups excluding tert-OH is 1. The molecule has 1 aromatic carbocycles. The number of benzene rings is 1. The monoisotopic (exact) mass is 266 g/mol. The van der Waals surface area contributed by atoms with E-state index in [0.29, 0.717) is 24.2 Å². The highest BCUT2D eigenvalue weighted by Crippen LogP contribution is 2.40. The Morgan fingerprint density at radius 3 is 2.63 bits per heavy atom. The largest absolute Gasteiger partial charge is 0.507 e. The minimum Gasteiger partial charge on any atom is -0.507 e.